The normalized spacial score (nSPS) is 9.73. The third-order valence-electron chi connectivity index (χ3n) is 1.31. The van der Waals surface area contributed by atoms with Gasteiger partial charge < -0.3 is 9.32 Å². The van der Waals surface area contributed by atoms with Crippen LogP contribution in [-0.4, -0.2) is 24.9 Å². The lowest BCUT2D eigenvalue weighted by atomic mass is 10.3. The van der Waals surface area contributed by atoms with Gasteiger partial charge in [0.05, 0.1) is 5.56 Å². The molecule has 0 fully saturated rings. The molecule has 0 unspecified atom stereocenters. The second-order valence-corrected chi connectivity index (χ2v) is 2.57. The van der Waals surface area contributed by atoms with Crippen molar-refractivity contribution in [2.24, 2.45) is 0 Å². The maximum absolute atomic E-state index is 11.2. The lowest BCUT2D eigenvalue weighted by Gasteiger charge is -2.06. The molecule has 0 aliphatic carbocycles. The second-order valence-electron chi connectivity index (χ2n) is 2.57. The van der Waals surface area contributed by atoms with Crippen LogP contribution in [0.25, 0.3) is 0 Å². The van der Waals surface area contributed by atoms with E-state index >= 15 is 0 Å². The van der Waals surface area contributed by atoms with E-state index in [2.05, 4.69) is 6.26 Å². The molecule has 59 valence electrons. The van der Waals surface area contributed by atoms with Crippen LogP contribution < -0.4 is 0 Å². The molecule has 1 heterocycles. The number of aryl methyl sites for hydroxylation is 1. The van der Waals surface area contributed by atoms with Gasteiger partial charge in [-0.3, -0.25) is 4.79 Å². The summed E-state index contributed by atoms with van der Waals surface area (Å²) in [5.74, 6) is 0.622. The molecule has 0 aliphatic rings. The summed E-state index contributed by atoms with van der Waals surface area (Å²) in [4.78, 5) is 12.7. The molecule has 3 heteroatoms. The first-order valence-electron chi connectivity index (χ1n) is 3.31. The smallest absolute Gasteiger partial charge is 0.257 e. The minimum absolute atomic E-state index is 0.0816. The summed E-state index contributed by atoms with van der Waals surface area (Å²) in [7, 11) is 3.39. The van der Waals surface area contributed by atoms with E-state index in [-0.39, 0.29) is 5.91 Å². The van der Waals surface area contributed by atoms with Crippen LogP contribution >= 0.6 is 0 Å². The highest BCUT2D eigenvalue weighted by atomic mass is 16.3. The highest BCUT2D eigenvalue weighted by Crippen LogP contribution is 2.06. The number of hydrogen-bond donors (Lipinski definition) is 0. The summed E-state index contributed by atoms with van der Waals surface area (Å²) in [5, 5.41) is 0. The van der Waals surface area contributed by atoms with Crippen molar-refractivity contribution in [2.75, 3.05) is 14.1 Å². The van der Waals surface area contributed by atoms with Crippen molar-refractivity contribution in [1.82, 2.24) is 4.90 Å². The molecule has 0 atom stereocenters. The Morgan fingerprint density at radius 2 is 2.27 bits per heavy atom. The van der Waals surface area contributed by atoms with Gasteiger partial charge in [0, 0.05) is 14.1 Å². The number of furan rings is 1. The third kappa shape index (κ3) is 1.61. The number of amides is 1. The zero-order chi connectivity index (χ0) is 8.43. The Labute approximate surface area is 65.6 Å². The fourth-order valence-corrected chi connectivity index (χ4v) is 0.744. The molecular weight excluding hydrogens is 142 g/mol. The summed E-state index contributed by atoms with van der Waals surface area (Å²) in [6.45, 7) is 1.78. The number of nitrogens with zero attached hydrogens (tertiary/aromatic N) is 1. The zero-order valence-electron chi connectivity index (χ0n) is 6.84. The number of carbonyl (C=O) groups excluding carboxylic acids is 1. The van der Waals surface area contributed by atoms with E-state index in [0.29, 0.717) is 11.3 Å². The van der Waals surface area contributed by atoms with E-state index in [0.717, 1.165) is 0 Å². The first-order chi connectivity index (χ1) is 5.11. The number of hydrogen-bond acceptors (Lipinski definition) is 2. The van der Waals surface area contributed by atoms with Crippen molar-refractivity contribution in [3.05, 3.63) is 23.7 Å². The van der Waals surface area contributed by atoms with Crippen LogP contribution in [-0.2, 0) is 0 Å². The Balaban J connectivity index is 2.85. The Hall–Kier alpha value is -1.25. The van der Waals surface area contributed by atoms with Crippen molar-refractivity contribution in [1.29, 1.82) is 0 Å². The lowest BCUT2D eigenvalue weighted by Crippen LogP contribution is -2.20. The van der Waals surface area contributed by atoms with Gasteiger partial charge in [-0.25, -0.2) is 0 Å². The predicted octanol–water partition coefficient (Wildman–Crippen LogP) is 1.09. The Bertz CT molecular complexity index is 263. The summed E-state index contributed by atoms with van der Waals surface area (Å²) >= 11 is 0. The molecule has 3 nitrogen and oxygen atoms in total. The van der Waals surface area contributed by atoms with Gasteiger partial charge in [-0.05, 0) is 13.0 Å². The number of rotatable bonds is 1. The molecule has 0 bridgehead atoms. The number of carbonyl (C=O) groups is 1. The minimum Gasteiger partial charge on any atom is -0.457 e. The molecule has 0 spiro atoms. The highest BCUT2D eigenvalue weighted by Gasteiger charge is 2.10. The summed E-state index contributed by atoms with van der Waals surface area (Å²) in [5.41, 5.74) is 0.479. The molecule has 11 heavy (non-hydrogen) atoms. The molecule has 1 aromatic heterocycles. The summed E-state index contributed by atoms with van der Waals surface area (Å²) in [6, 6.07) is 1.67. The van der Waals surface area contributed by atoms with Gasteiger partial charge in [-0.1, -0.05) is 0 Å². The van der Waals surface area contributed by atoms with Gasteiger partial charge in [0.15, 0.2) is 6.26 Å². The van der Waals surface area contributed by atoms with Crippen LogP contribution in [0.5, 0.6) is 0 Å². The van der Waals surface area contributed by atoms with Gasteiger partial charge >= 0.3 is 0 Å². The van der Waals surface area contributed by atoms with Crippen LogP contribution in [0.4, 0.5) is 0 Å². The van der Waals surface area contributed by atoms with E-state index in [4.69, 9.17) is 4.42 Å². The summed E-state index contributed by atoms with van der Waals surface area (Å²) < 4.78 is 4.86. The second kappa shape index (κ2) is 2.78. The van der Waals surface area contributed by atoms with E-state index in [1.54, 1.807) is 27.1 Å². The Morgan fingerprint density at radius 3 is 2.64 bits per heavy atom. The first-order valence-corrected chi connectivity index (χ1v) is 3.31. The summed E-state index contributed by atoms with van der Waals surface area (Å²) in [6.07, 6.45) is 2.52. The Kier molecular flexibility index (Phi) is 1.98. The topological polar surface area (TPSA) is 33.5 Å². The van der Waals surface area contributed by atoms with E-state index < -0.39 is 0 Å². The largest absolute Gasteiger partial charge is 0.457 e. The van der Waals surface area contributed by atoms with Crippen LogP contribution in [0.2, 0.25) is 0 Å². The standard InChI is InChI=1S/C8H10NO2/c1-6-4-7(5-11-6)8(10)9(2)3/h4H,1-3H3. The molecule has 0 aliphatic heterocycles. The maximum atomic E-state index is 11.2. The Morgan fingerprint density at radius 1 is 1.64 bits per heavy atom. The predicted molar refractivity (Wildman–Crippen MR) is 40.3 cm³/mol. The fraction of sp³-hybridized carbons (Fsp3) is 0.375. The average molecular weight is 152 g/mol. The third-order valence-corrected chi connectivity index (χ3v) is 1.31. The van der Waals surface area contributed by atoms with Crippen molar-refractivity contribution in [2.45, 2.75) is 6.92 Å². The van der Waals surface area contributed by atoms with Crippen molar-refractivity contribution in [3.8, 4) is 0 Å². The van der Waals surface area contributed by atoms with Crippen LogP contribution in [0.1, 0.15) is 16.1 Å². The maximum Gasteiger partial charge on any atom is 0.257 e. The molecule has 1 rings (SSSR count). The first kappa shape index (κ1) is 7.85. The molecule has 1 amide bonds. The molecule has 0 saturated heterocycles. The van der Waals surface area contributed by atoms with Crippen molar-refractivity contribution in [3.63, 3.8) is 0 Å². The van der Waals surface area contributed by atoms with Gasteiger partial charge in [0.1, 0.15) is 5.76 Å². The van der Waals surface area contributed by atoms with Gasteiger partial charge in [0.2, 0.25) is 0 Å². The van der Waals surface area contributed by atoms with Gasteiger partial charge in [-0.2, -0.15) is 0 Å². The quantitative estimate of drug-likeness (QED) is 0.603. The highest BCUT2D eigenvalue weighted by molar-refractivity contribution is 5.93. The minimum atomic E-state index is -0.0816. The fourth-order valence-electron chi connectivity index (χ4n) is 0.744. The molecule has 0 N–H and O–H groups in total. The molecule has 1 aromatic rings. The molecular formula is C8H10NO2. The SMILES string of the molecule is Cc1cc(C(=O)N(C)C)[c]o1. The molecule has 1 radical (unpaired) electrons. The molecule has 0 aromatic carbocycles. The van der Waals surface area contributed by atoms with Crippen molar-refractivity contribution >= 4 is 5.91 Å². The van der Waals surface area contributed by atoms with E-state index in [1.807, 2.05) is 0 Å². The van der Waals surface area contributed by atoms with E-state index in [9.17, 15) is 4.79 Å². The lowest BCUT2D eigenvalue weighted by molar-refractivity contribution is 0.0826. The zero-order valence-corrected chi connectivity index (χ0v) is 6.84. The van der Waals surface area contributed by atoms with Gasteiger partial charge in [-0.15, -0.1) is 0 Å². The van der Waals surface area contributed by atoms with Gasteiger partial charge in [0.25, 0.3) is 5.91 Å². The average Bonchev–Trinajstić information content (AvgIpc) is 2.34. The molecule has 0 saturated carbocycles. The van der Waals surface area contributed by atoms with Crippen LogP contribution in [0.15, 0.2) is 10.5 Å². The van der Waals surface area contributed by atoms with Crippen LogP contribution in [0, 0.1) is 13.2 Å². The monoisotopic (exact) mass is 152 g/mol. The van der Waals surface area contributed by atoms with E-state index in [1.165, 1.54) is 4.90 Å². The van der Waals surface area contributed by atoms with Crippen molar-refractivity contribution < 1.29 is 9.21 Å². The van der Waals surface area contributed by atoms with Crippen LogP contribution in [0.3, 0.4) is 0 Å².